The van der Waals surface area contributed by atoms with E-state index in [2.05, 4.69) is 15.0 Å². The van der Waals surface area contributed by atoms with E-state index in [0.717, 1.165) is 18.0 Å². The molecule has 6 nitrogen and oxygen atoms in total. The molecule has 1 amide bonds. The quantitative estimate of drug-likeness (QED) is 0.657. The van der Waals surface area contributed by atoms with Gasteiger partial charge in [0.1, 0.15) is 5.82 Å². The van der Waals surface area contributed by atoms with Crippen molar-refractivity contribution in [1.82, 2.24) is 19.7 Å². The fourth-order valence-corrected chi connectivity index (χ4v) is 3.54. The summed E-state index contributed by atoms with van der Waals surface area (Å²) in [5.41, 5.74) is 0.403. The van der Waals surface area contributed by atoms with Crippen molar-refractivity contribution < 1.29 is 18.0 Å². The number of benzene rings is 1. The molecule has 0 unspecified atom stereocenters. The van der Waals surface area contributed by atoms with Crippen LogP contribution in [0, 0.1) is 6.92 Å². The molecule has 0 spiro atoms. The molecule has 1 fully saturated rings. The first-order valence-corrected chi connectivity index (χ1v) is 9.52. The lowest BCUT2D eigenvalue weighted by Crippen LogP contribution is -2.49. The smallest absolute Gasteiger partial charge is 0.353 e. The molecule has 156 valence electrons. The number of nitrogens with zero attached hydrogens (tertiary/aromatic N) is 5. The lowest BCUT2D eigenvalue weighted by Gasteiger charge is -2.35. The number of carbonyl (C=O) groups is 1. The standard InChI is InChI=1S/C21H20F3N5O/c1-15-18(14-26-29(15)17-6-4-5-16(13-17)21(22,23)24)20(30)28-11-9-27(10-12-28)19-7-2-3-8-25-19/h2-8,13-14H,9-12H2,1H3. The van der Waals surface area contributed by atoms with E-state index in [9.17, 15) is 18.0 Å². The van der Waals surface area contributed by atoms with Gasteiger partial charge in [-0.15, -0.1) is 0 Å². The summed E-state index contributed by atoms with van der Waals surface area (Å²) in [6, 6.07) is 10.6. The number of rotatable bonds is 3. The van der Waals surface area contributed by atoms with Crippen molar-refractivity contribution in [3.8, 4) is 5.69 Å². The van der Waals surface area contributed by atoms with Crippen LogP contribution in [-0.4, -0.2) is 51.8 Å². The van der Waals surface area contributed by atoms with Crippen LogP contribution in [0.1, 0.15) is 21.6 Å². The zero-order chi connectivity index (χ0) is 21.3. The minimum Gasteiger partial charge on any atom is -0.353 e. The van der Waals surface area contributed by atoms with Gasteiger partial charge in [-0.05, 0) is 37.3 Å². The van der Waals surface area contributed by atoms with E-state index in [4.69, 9.17) is 0 Å². The van der Waals surface area contributed by atoms with Gasteiger partial charge in [-0.2, -0.15) is 18.3 Å². The van der Waals surface area contributed by atoms with Crippen molar-refractivity contribution in [2.24, 2.45) is 0 Å². The minimum absolute atomic E-state index is 0.175. The van der Waals surface area contributed by atoms with Crippen molar-refractivity contribution in [1.29, 1.82) is 0 Å². The van der Waals surface area contributed by atoms with Gasteiger partial charge in [0.15, 0.2) is 0 Å². The fourth-order valence-electron chi connectivity index (χ4n) is 3.54. The Balaban J connectivity index is 1.50. The van der Waals surface area contributed by atoms with Crippen molar-refractivity contribution >= 4 is 11.7 Å². The van der Waals surface area contributed by atoms with Crippen LogP contribution in [0.4, 0.5) is 19.0 Å². The number of pyridine rings is 1. The molecule has 0 radical (unpaired) electrons. The van der Waals surface area contributed by atoms with Gasteiger partial charge in [-0.3, -0.25) is 4.79 Å². The molecule has 1 aromatic carbocycles. The number of alkyl halides is 3. The van der Waals surface area contributed by atoms with Gasteiger partial charge in [0.2, 0.25) is 0 Å². The fraction of sp³-hybridized carbons (Fsp3) is 0.286. The number of anilines is 1. The third kappa shape index (κ3) is 3.87. The molecule has 1 saturated heterocycles. The van der Waals surface area contributed by atoms with Crippen LogP contribution >= 0.6 is 0 Å². The van der Waals surface area contributed by atoms with Crippen LogP contribution in [0.5, 0.6) is 0 Å². The number of hydrogen-bond acceptors (Lipinski definition) is 4. The Labute approximate surface area is 171 Å². The van der Waals surface area contributed by atoms with E-state index in [0.29, 0.717) is 37.4 Å². The number of piperazine rings is 1. The lowest BCUT2D eigenvalue weighted by molar-refractivity contribution is -0.137. The number of hydrogen-bond donors (Lipinski definition) is 0. The highest BCUT2D eigenvalue weighted by Gasteiger charge is 2.31. The lowest BCUT2D eigenvalue weighted by atomic mass is 10.1. The summed E-state index contributed by atoms with van der Waals surface area (Å²) in [6.45, 7) is 4.06. The molecule has 30 heavy (non-hydrogen) atoms. The molecule has 0 bridgehead atoms. The van der Waals surface area contributed by atoms with Crippen LogP contribution in [0.25, 0.3) is 5.69 Å². The van der Waals surface area contributed by atoms with Crippen LogP contribution in [-0.2, 0) is 6.18 Å². The maximum Gasteiger partial charge on any atom is 0.416 e. The molecule has 0 N–H and O–H groups in total. The molecule has 0 aliphatic carbocycles. The number of carbonyl (C=O) groups excluding carboxylic acids is 1. The summed E-state index contributed by atoms with van der Waals surface area (Å²) in [7, 11) is 0. The number of halogens is 3. The van der Waals surface area contributed by atoms with Crippen LogP contribution < -0.4 is 4.90 Å². The van der Waals surface area contributed by atoms with Gasteiger partial charge in [0, 0.05) is 32.4 Å². The molecule has 9 heteroatoms. The van der Waals surface area contributed by atoms with Gasteiger partial charge in [0.25, 0.3) is 5.91 Å². The molecule has 3 heterocycles. The average Bonchev–Trinajstić information content (AvgIpc) is 3.15. The van der Waals surface area contributed by atoms with Gasteiger partial charge in [-0.25, -0.2) is 9.67 Å². The maximum absolute atomic E-state index is 13.0. The van der Waals surface area contributed by atoms with E-state index in [-0.39, 0.29) is 11.6 Å². The molecule has 2 aromatic heterocycles. The molecule has 0 saturated carbocycles. The Morgan fingerprint density at radius 1 is 1.03 bits per heavy atom. The van der Waals surface area contributed by atoms with Crippen molar-refractivity contribution in [3.63, 3.8) is 0 Å². The highest BCUT2D eigenvalue weighted by Crippen LogP contribution is 2.30. The second-order valence-corrected chi connectivity index (χ2v) is 7.07. The van der Waals surface area contributed by atoms with E-state index >= 15 is 0 Å². The Hall–Kier alpha value is -3.36. The number of amides is 1. The van der Waals surface area contributed by atoms with E-state index in [1.165, 1.54) is 23.0 Å². The molecule has 1 aliphatic heterocycles. The topological polar surface area (TPSA) is 54.3 Å². The van der Waals surface area contributed by atoms with Crippen LogP contribution in [0.3, 0.4) is 0 Å². The normalized spacial score (nSPS) is 14.8. The van der Waals surface area contributed by atoms with E-state index < -0.39 is 11.7 Å². The second-order valence-electron chi connectivity index (χ2n) is 7.07. The summed E-state index contributed by atoms with van der Waals surface area (Å²) in [5, 5.41) is 4.17. The van der Waals surface area contributed by atoms with E-state index in [1.807, 2.05) is 18.2 Å². The first kappa shape index (κ1) is 19.9. The second kappa shape index (κ2) is 7.81. The average molecular weight is 415 g/mol. The van der Waals surface area contributed by atoms with Gasteiger partial charge >= 0.3 is 6.18 Å². The zero-order valence-electron chi connectivity index (χ0n) is 16.3. The third-order valence-corrected chi connectivity index (χ3v) is 5.20. The van der Waals surface area contributed by atoms with Crippen molar-refractivity contribution in [2.75, 3.05) is 31.1 Å². The Morgan fingerprint density at radius 2 is 1.80 bits per heavy atom. The molecule has 3 aromatic rings. The molecule has 1 aliphatic rings. The predicted molar refractivity (Wildman–Crippen MR) is 106 cm³/mol. The summed E-state index contributed by atoms with van der Waals surface area (Å²) in [6.07, 6.45) is -1.29. The van der Waals surface area contributed by atoms with Gasteiger partial charge in [0.05, 0.1) is 28.7 Å². The Bertz CT molecular complexity index is 1040. The van der Waals surface area contributed by atoms with Gasteiger partial charge < -0.3 is 9.80 Å². The van der Waals surface area contributed by atoms with Gasteiger partial charge in [-0.1, -0.05) is 12.1 Å². The zero-order valence-corrected chi connectivity index (χ0v) is 16.3. The molecular formula is C21H20F3N5O. The predicted octanol–water partition coefficient (Wildman–Crippen LogP) is 3.56. The Morgan fingerprint density at radius 3 is 2.47 bits per heavy atom. The largest absolute Gasteiger partial charge is 0.416 e. The first-order valence-electron chi connectivity index (χ1n) is 9.52. The summed E-state index contributed by atoms with van der Waals surface area (Å²) >= 11 is 0. The highest BCUT2D eigenvalue weighted by molar-refractivity contribution is 5.95. The summed E-state index contributed by atoms with van der Waals surface area (Å²) in [4.78, 5) is 21.2. The number of aromatic nitrogens is 3. The minimum atomic E-state index is -4.44. The third-order valence-electron chi connectivity index (χ3n) is 5.20. The SMILES string of the molecule is Cc1c(C(=O)N2CCN(c3ccccn3)CC2)cnn1-c1cccc(C(F)(F)F)c1. The molecule has 4 rings (SSSR count). The molecule has 0 atom stereocenters. The Kier molecular flexibility index (Phi) is 5.19. The monoisotopic (exact) mass is 415 g/mol. The van der Waals surface area contributed by atoms with E-state index in [1.54, 1.807) is 18.0 Å². The summed E-state index contributed by atoms with van der Waals surface area (Å²) in [5.74, 6) is 0.699. The maximum atomic E-state index is 13.0. The van der Waals surface area contributed by atoms with Crippen molar-refractivity contribution in [3.05, 3.63) is 71.7 Å². The first-order chi connectivity index (χ1) is 14.3. The summed E-state index contributed by atoms with van der Waals surface area (Å²) < 4.78 is 40.4. The molecular weight excluding hydrogens is 395 g/mol. The van der Waals surface area contributed by atoms with Crippen LogP contribution in [0.2, 0.25) is 0 Å². The van der Waals surface area contributed by atoms with Crippen LogP contribution in [0.15, 0.2) is 54.9 Å². The van der Waals surface area contributed by atoms with Crippen molar-refractivity contribution in [2.45, 2.75) is 13.1 Å². The highest BCUT2D eigenvalue weighted by atomic mass is 19.4.